The van der Waals surface area contributed by atoms with Crippen molar-refractivity contribution in [1.29, 1.82) is 0 Å². The van der Waals surface area contributed by atoms with E-state index in [-0.39, 0.29) is 0 Å². The molecule has 1 atom stereocenters. The molecule has 0 aromatic heterocycles. The summed E-state index contributed by atoms with van der Waals surface area (Å²) in [5.74, 6) is 7.01. The highest BCUT2D eigenvalue weighted by atomic mass is 35.5. The van der Waals surface area contributed by atoms with Crippen LogP contribution in [0.1, 0.15) is 30.4 Å². The fourth-order valence-corrected chi connectivity index (χ4v) is 3.55. The number of aliphatic hydroxyl groups is 1. The lowest BCUT2D eigenvalue weighted by Crippen LogP contribution is -2.31. The standard InChI is InChI=1S/C22H24ClNO2/c1-26-19-12-10-18(11-13-19)22(25,20-8-3-4-9-21(20)23)14-7-17-24-15-5-2-6-16-24/h3-4,8-13,25H,2,5-6,15-17H2,1H3. The van der Waals surface area contributed by atoms with Crippen LogP contribution in [-0.2, 0) is 5.60 Å². The molecule has 1 unspecified atom stereocenters. The summed E-state index contributed by atoms with van der Waals surface area (Å²) in [6.45, 7) is 2.80. The number of methoxy groups -OCH3 is 1. The molecule has 1 fully saturated rings. The van der Waals surface area contributed by atoms with Crippen molar-refractivity contribution in [1.82, 2.24) is 4.90 Å². The minimum absolute atomic E-state index is 0.498. The average Bonchev–Trinajstić information content (AvgIpc) is 2.69. The Bertz CT molecular complexity index is 788. The van der Waals surface area contributed by atoms with Crippen molar-refractivity contribution in [2.24, 2.45) is 0 Å². The number of hydrogen-bond donors (Lipinski definition) is 1. The van der Waals surface area contributed by atoms with Crippen molar-refractivity contribution < 1.29 is 9.84 Å². The van der Waals surface area contributed by atoms with Crippen LogP contribution in [0, 0.1) is 11.8 Å². The van der Waals surface area contributed by atoms with E-state index < -0.39 is 5.60 Å². The van der Waals surface area contributed by atoms with Gasteiger partial charge in [0.1, 0.15) is 5.75 Å². The van der Waals surface area contributed by atoms with Crippen molar-refractivity contribution in [2.75, 3.05) is 26.7 Å². The Labute approximate surface area is 160 Å². The van der Waals surface area contributed by atoms with Crippen LogP contribution in [0.3, 0.4) is 0 Å². The van der Waals surface area contributed by atoms with Crippen molar-refractivity contribution >= 4 is 11.6 Å². The Morgan fingerprint density at radius 1 is 1.08 bits per heavy atom. The number of piperidine rings is 1. The molecule has 136 valence electrons. The number of likely N-dealkylation sites (tertiary alicyclic amines) is 1. The molecule has 1 saturated heterocycles. The van der Waals surface area contributed by atoms with Gasteiger partial charge in [-0.3, -0.25) is 4.90 Å². The molecule has 3 rings (SSSR count). The maximum atomic E-state index is 11.5. The van der Waals surface area contributed by atoms with Gasteiger partial charge < -0.3 is 9.84 Å². The molecule has 0 spiro atoms. The normalized spacial score (nSPS) is 17.0. The number of nitrogens with zero attached hydrogens (tertiary/aromatic N) is 1. The van der Waals surface area contributed by atoms with Gasteiger partial charge in [-0.15, -0.1) is 0 Å². The average molecular weight is 370 g/mol. The molecule has 0 saturated carbocycles. The molecular weight excluding hydrogens is 346 g/mol. The van der Waals surface area contributed by atoms with Gasteiger partial charge in [-0.25, -0.2) is 0 Å². The molecular formula is C22H24ClNO2. The Morgan fingerprint density at radius 2 is 1.77 bits per heavy atom. The highest BCUT2D eigenvalue weighted by Crippen LogP contribution is 2.34. The molecule has 1 heterocycles. The van der Waals surface area contributed by atoms with E-state index >= 15 is 0 Å². The second-order valence-corrected chi connectivity index (χ2v) is 6.96. The number of halogens is 1. The van der Waals surface area contributed by atoms with Crippen LogP contribution in [0.5, 0.6) is 5.75 Å². The van der Waals surface area contributed by atoms with Crippen LogP contribution in [0.4, 0.5) is 0 Å². The molecule has 26 heavy (non-hydrogen) atoms. The van der Waals surface area contributed by atoms with Crippen molar-refractivity contribution in [2.45, 2.75) is 24.9 Å². The summed E-state index contributed by atoms with van der Waals surface area (Å²) >= 11 is 6.38. The monoisotopic (exact) mass is 369 g/mol. The van der Waals surface area contributed by atoms with Crippen molar-refractivity contribution in [3.05, 3.63) is 64.7 Å². The number of benzene rings is 2. The Balaban J connectivity index is 1.94. The minimum atomic E-state index is -1.46. The van der Waals surface area contributed by atoms with Crippen LogP contribution in [0.2, 0.25) is 5.02 Å². The third kappa shape index (κ3) is 4.22. The highest BCUT2D eigenvalue weighted by molar-refractivity contribution is 6.31. The first kappa shape index (κ1) is 18.8. The SMILES string of the molecule is COc1ccc(C(O)(C#CCN2CCCCC2)c2ccccc2Cl)cc1. The summed E-state index contributed by atoms with van der Waals surface area (Å²) < 4.78 is 5.22. The van der Waals surface area contributed by atoms with Gasteiger partial charge in [0.15, 0.2) is 5.60 Å². The fraction of sp³-hybridized carbons (Fsp3) is 0.364. The molecule has 0 radical (unpaired) electrons. The van der Waals surface area contributed by atoms with E-state index in [1.807, 2.05) is 42.5 Å². The first-order valence-electron chi connectivity index (χ1n) is 8.98. The van der Waals surface area contributed by atoms with Gasteiger partial charge in [-0.05, 0) is 44.1 Å². The predicted molar refractivity (Wildman–Crippen MR) is 106 cm³/mol. The first-order chi connectivity index (χ1) is 12.6. The van der Waals surface area contributed by atoms with E-state index in [4.69, 9.17) is 16.3 Å². The largest absolute Gasteiger partial charge is 0.497 e. The topological polar surface area (TPSA) is 32.7 Å². The van der Waals surface area contributed by atoms with Gasteiger partial charge >= 0.3 is 0 Å². The summed E-state index contributed by atoms with van der Waals surface area (Å²) in [4.78, 5) is 2.33. The van der Waals surface area contributed by atoms with Gasteiger partial charge in [0.25, 0.3) is 0 Å². The lowest BCUT2D eigenvalue weighted by atomic mass is 9.86. The van der Waals surface area contributed by atoms with Crippen LogP contribution in [-0.4, -0.2) is 36.8 Å². The maximum Gasteiger partial charge on any atom is 0.178 e. The summed E-state index contributed by atoms with van der Waals surface area (Å²) in [5.41, 5.74) is -0.184. The molecule has 1 N–H and O–H groups in total. The van der Waals surface area contributed by atoms with E-state index in [1.54, 1.807) is 13.2 Å². The van der Waals surface area contributed by atoms with Gasteiger partial charge in [0.2, 0.25) is 0 Å². The summed E-state index contributed by atoms with van der Waals surface area (Å²) in [7, 11) is 1.62. The third-order valence-electron chi connectivity index (χ3n) is 4.79. The molecule has 1 aliphatic heterocycles. The van der Waals surface area contributed by atoms with Gasteiger partial charge in [0.05, 0.1) is 13.7 Å². The smallest absolute Gasteiger partial charge is 0.178 e. The molecule has 1 aliphatic rings. The fourth-order valence-electron chi connectivity index (χ4n) is 3.28. The zero-order chi connectivity index (χ0) is 18.4. The quantitative estimate of drug-likeness (QED) is 0.824. The first-order valence-corrected chi connectivity index (χ1v) is 9.35. The summed E-state index contributed by atoms with van der Waals surface area (Å²) in [5, 5.41) is 12.0. The summed E-state index contributed by atoms with van der Waals surface area (Å²) in [6.07, 6.45) is 3.73. The lowest BCUT2D eigenvalue weighted by Gasteiger charge is -2.26. The van der Waals surface area contributed by atoms with Crippen LogP contribution >= 0.6 is 11.6 Å². The van der Waals surface area contributed by atoms with Gasteiger partial charge in [-0.1, -0.05) is 60.2 Å². The Kier molecular flexibility index (Phi) is 6.21. The molecule has 3 nitrogen and oxygen atoms in total. The number of ether oxygens (including phenoxy) is 1. The zero-order valence-corrected chi connectivity index (χ0v) is 15.8. The molecule has 4 heteroatoms. The number of rotatable bonds is 4. The zero-order valence-electron chi connectivity index (χ0n) is 15.0. The molecule has 2 aromatic carbocycles. The molecule has 0 amide bonds. The highest BCUT2D eigenvalue weighted by Gasteiger charge is 2.31. The second kappa shape index (κ2) is 8.60. The van der Waals surface area contributed by atoms with Crippen molar-refractivity contribution in [3.63, 3.8) is 0 Å². The number of hydrogen-bond acceptors (Lipinski definition) is 3. The second-order valence-electron chi connectivity index (χ2n) is 6.56. The maximum absolute atomic E-state index is 11.5. The predicted octanol–water partition coefficient (Wildman–Crippen LogP) is 4.07. The molecule has 0 aliphatic carbocycles. The lowest BCUT2D eigenvalue weighted by molar-refractivity contribution is 0.145. The Hall–Kier alpha value is -1.99. The van der Waals surface area contributed by atoms with E-state index in [1.165, 1.54) is 19.3 Å². The van der Waals surface area contributed by atoms with Crippen LogP contribution in [0.25, 0.3) is 0 Å². The van der Waals surface area contributed by atoms with Gasteiger partial charge in [-0.2, -0.15) is 0 Å². The van der Waals surface area contributed by atoms with E-state index in [2.05, 4.69) is 16.7 Å². The van der Waals surface area contributed by atoms with Crippen LogP contribution < -0.4 is 4.74 Å². The minimum Gasteiger partial charge on any atom is -0.497 e. The van der Waals surface area contributed by atoms with E-state index in [0.29, 0.717) is 22.7 Å². The summed E-state index contributed by atoms with van der Waals surface area (Å²) in [6, 6.07) is 14.6. The third-order valence-corrected chi connectivity index (χ3v) is 5.12. The molecule has 0 bridgehead atoms. The van der Waals surface area contributed by atoms with E-state index in [0.717, 1.165) is 18.8 Å². The van der Waals surface area contributed by atoms with Crippen LogP contribution in [0.15, 0.2) is 48.5 Å². The molecule has 2 aromatic rings. The van der Waals surface area contributed by atoms with Gasteiger partial charge in [0, 0.05) is 16.1 Å². The van der Waals surface area contributed by atoms with E-state index in [9.17, 15) is 5.11 Å². The van der Waals surface area contributed by atoms with Crippen molar-refractivity contribution in [3.8, 4) is 17.6 Å². The Morgan fingerprint density at radius 3 is 2.42 bits per heavy atom.